The Morgan fingerprint density at radius 1 is 1.35 bits per heavy atom. The molecule has 0 spiro atoms. The van der Waals surface area contributed by atoms with E-state index in [0.29, 0.717) is 21.7 Å². The second kappa shape index (κ2) is 7.82. The maximum absolute atomic E-state index is 12.2. The molecule has 1 aromatic heterocycles. The lowest BCUT2D eigenvalue weighted by Gasteiger charge is -2.12. The summed E-state index contributed by atoms with van der Waals surface area (Å²) in [6.07, 6.45) is 0. The van der Waals surface area contributed by atoms with E-state index >= 15 is 0 Å². The van der Waals surface area contributed by atoms with E-state index in [1.165, 1.54) is 11.3 Å². The molecule has 1 heterocycles. The van der Waals surface area contributed by atoms with Gasteiger partial charge >= 0.3 is 0 Å². The topological polar surface area (TPSA) is 60.5 Å². The Morgan fingerprint density at radius 2 is 2.12 bits per heavy atom. The number of amides is 1. The second-order valence-corrected chi connectivity index (χ2v) is 7.81. The lowest BCUT2D eigenvalue weighted by molar-refractivity contribution is -0.118. The van der Waals surface area contributed by atoms with Crippen molar-refractivity contribution in [3.05, 3.63) is 44.9 Å². The zero-order valence-electron chi connectivity index (χ0n) is 14.4. The Morgan fingerprint density at radius 3 is 2.85 bits per heavy atom. The number of rotatable bonds is 5. The van der Waals surface area contributed by atoms with E-state index in [2.05, 4.69) is 26.2 Å². The van der Waals surface area contributed by atoms with Crippen LogP contribution >= 0.6 is 38.9 Å². The first-order valence-corrected chi connectivity index (χ1v) is 9.71. The summed E-state index contributed by atoms with van der Waals surface area (Å²) in [6, 6.07) is 7.45. The molecule has 1 amide bonds. The molecule has 0 atom stereocenters. The smallest absolute Gasteiger partial charge is 0.264 e. The SMILES string of the molecule is COc1cccc2sc(NC(=O)COc3cc(C)c(Cl)c(C)c3Br)nc12. The minimum Gasteiger partial charge on any atom is -0.494 e. The molecule has 5 nitrogen and oxygen atoms in total. The standard InChI is InChI=1S/C18H16BrClN2O3S/c1-9-7-12(15(19)10(2)16(9)20)25-8-14(23)21-18-22-17-11(24-3)5-4-6-13(17)26-18/h4-7H,8H2,1-3H3,(H,21,22,23). The molecule has 1 N–H and O–H groups in total. The molecule has 0 aliphatic carbocycles. The van der Waals surface area contributed by atoms with Crippen molar-refractivity contribution in [1.82, 2.24) is 4.98 Å². The van der Waals surface area contributed by atoms with E-state index in [9.17, 15) is 4.79 Å². The molecule has 26 heavy (non-hydrogen) atoms. The largest absolute Gasteiger partial charge is 0.494 e. The molecule has 0 unspecified atom stereocenters. The van der Waals surface area contributed by atoms with Gasteiger partial charge in [0, 0.05) is 5.02 Å². The van der Waals surface area contributed by atoms with Crippen LogP contribution in [0.1, 0.15) is 11.1 Å². The van der Waals surface area contributed by atoms with Crippen molar-refractivity contribution in [1.29, 1.82) is 0 Å². The van der Waals surface area contributed by atoms with Gasteiger partial charge in [0.25, 0.3) is 5.91 Å². The first kappa shape index (κ1) is 18.9. The number of aryl methyl sites for hydroxylation is 1. The molecule has 8 heteroatoms. The fourth-order valence-electron chi connectivity index (χ4n) is 2.45. The maximum atomic E-state index is 12.2. The number of halogens is 2. The number of nitrogens with one attached hydrogen (secondary N) is 1. The predicted octanol–water partition coefficient (Wildman–Crippen LogP) is 5.36. The number of carbonyl (C=O) groups is 1. The fourth-order valence-corrected chi connectivity index (χ4v) is 4.04. The Kier molecular flexibility index (Phi) is 5.70. The summed E-state index contributed by atoms with van der Waals surface area (Å²) in [7, 11) is 1.59. The van der Waals surface area contributed by atoms with Crippen molar-refractivity contribution < 1.29 is 14.3 Å². The Labute approximate surface area is 168 Å². The number of hydrogen-bond acceptors (Lipinski definition) is 5. The number of fused-ring (bicyclic) bond motifs is 1. The Bertz CT molecular complexity index is 990. The highest BCUT2D eigenvalue weighted by Gasteiger charge is 2.14. The van der Waals surface area contributed by atoms with Crippen molar-refractivity contribution in [2.24, 2.45) is 0 Å². The van der Waals surface area contributed by atoms with Gasteiger partial charge in [-0.2, -0.15) is 0 Å². The van der Waals surface area contributed by atoms with Crippen LogP contribution in [0.2, 0.25) is 5.02 Å². The highest BCUT2D eigenvalue weighted by Crippen LogP contribution is 2.36. The molecule has 3 aromatic rings. The number of anilines is 1. The van der Waals surface area contributed by atoms with Crippen LogP contribution in [0, 0.1) is 13.8 Å². The van der Waals surface area contributed by atoms with Crippen LogP contribution in [0.4, 0.5) is 5.13 Å². The Hall–Kier alpha value is -1.83. The molecule has 3 rings (SSSR count). The third-order valence-corrected chi connectivity index (χ3v) is 6.28. The minimum atomic E-state index is -0.292. The fraction of sp³-hybridized carbons (Fsp3) is 0.222. The van der Waals surface area contributed by atoms with Crippen LogP contribution in [0.5, 0.6) is 11.5 Å². The number of hydrogen-bond donors (Lipinski definition) is 1. The average molecular weight is 456 g/mol. The zero-order chi connectivity index (χ0) is 18.8. The highest BCUT2D eigenvalue weighted by molar-refractivity contribution is 9.10. The van der Waals surface area contributed by atoms with Gasteiger partial charge in [-0.1, -0.05) is 29.0 Å². The molecule has 0 fully saturated rings. The molecule has 0 aliphatic rings. The molecule has 136 valence electrons. The molecule has 0 aliphatic heterocycles. The van der Waals surface area contributed by atoms with E-state index < -0.39 is 0 Å². The van der Waals surface area contributed by atoms with E-state index in [0.717, 1.165) is 25.8 Å². The number of carbonyl (C=O) groups excluding carboxylic acids is 1. The third kappa shape index (κ3) is 3.79. The van der Waals surface area contributed by atoms with Crippen LogP contribution in [0.25, 0.3) is 10.2 Å². The third-order valence-electron chi connectivity index (χ3n) is 3.78. The van der Waals surface area contributed by atoms with Crippen molar-refractivity contribution >= 4 is 60.1 Å². The molecular weight excluding hydrogens is 440 g/mol. The summed E-state index contributed by atoms with van der Waals surface area (Å²) < 4.78 is 12.6. The van der Waals surface area contributed by atoms with Crippen LogP contribution in [0.15, 0.2) is 28.7 Å². The van der Waals surface area contributed by atoms with Gasteiger partial charge in [-0.05, 0) is 59.1 Å². The van der Waals surface area contributed by atoms with Gasteiger partial charge in [0.05, 0.1) is 16.3 Å². The molecule has 0 bridgehead atoms. The number of methoxy groups -OCH3 is 1. The maximum Gasteiger partial charge on any atom is 0.264 e. The number of benzene rings is 2. The zero-order valence-corrected chi connectivity index (χ0v) is 17.5. The highest BCUT2D eigenvalue weighted by atomic mass is 79.9. The van der Waals surface area contributed by atoms with E-state index in [4.69, 9.17) is 21.1 Å². The van der Waals surface area contributed by atoms with E-state index in [-0.39, 0.29) is 12.5 Å². The van der Waals surface area contributed by atoms with Crippen LogP contribution in [0.3, 0.4) is 0 Å². The summed E-state index contributed by atoms with van der Waals surface area (Å²) in [5, 5.41) is 3.94. The lowest BCUT2D eigenvalue weighted by atomic mass is 10.1. The first-order chi connectivity index (χ1) is 12.4. The Balaban J connectivity index is 1.70. The number of ether oxygens (including phenoxy) is 2. The van der Waals surface area contributed by atoms with Crippen molar-refractivity contribution in [2.45, 2.75) is 13.8 Å². The van der Waals surface area contributed by atoms with Gasteiger partial charge in [-0.25, -0.2) is 4.98 Å². The summed E-state index contributed by atoms with van der Waals surface area (Å²) in [5.41, 5.74) is 2.49. The molecule has 0 saturated heterocycles. The lowest BCUT2D eigenvalue weighted by Crippen LogP contribution is -2.20. The molecular formula is C18H16BrClN2O3S. The van der Waals surface area contributed by atoms with Crippen LogP contribution in [-0.4, -0.2) is 24.6 Å². The molecule has 0 radical (unpaired) electrons. The number of nitrogens with zero attached hydrogens (tertiary/aromatic N) is 1. The van der Waals surface area contributed by atoms with E-state index in [1.807, 2.05) is 32.0 Å². The average Bonchev–Trinajstić information content (AvgIpc) is 3.04. The van der Waals surface area contributed by atoms with Gasteiger partial charge in [0.2, 0.25) is 0 Å². The van der Waals surface area contributed by atoms with Gasteiger partial charge in [0.15, 0.2) is 11.7 Å². The van der Waals surface area contributed by atoms with Gasteiger partial charge < -0.3 is 9.47 Å². The first-order valence-electron chi connectivity index (χ1n) is 7.72. The van der Waals surface area contributed by atoms with Crippen molar-refractivity contribution in [3.63, 3.8) is 0 Å². The summed E-state index contributed by atoms with van der Waals surface area (Å²) >= 11 is 11.0. The van der Waals surface area contributed by atoms with Crippen LogP contribution in [-0.2, 0) is 4.79 Å². The van der Waals surface area contributed by atoms with Crippen molar-refractivity contribution in [2.75, 3.05) is 19.0 Å². The normalized spacial score (nSPS) is 10.8. The monoisotopic (exact) mass is 454 g/mol. The predicted molar refractivity (Wildman–Crippen MR) is 109 cm³/mol. The summed E-state index contributed by atoms with van der Waals surface area (Å²) in [4.78, 5) is 16.6. The van der Waals surface area contributed by atoms with Gasteiger partial charge in [0.1, 0.15) is 17.0 Å². The minimum absolute atomic E-state index is 0.133. The quantitative estimate of drug-likeness (QED) is 0.563. The van der Waals surface area contributed by atoms with Crippen molar-refractivity contribution in [3.8, 4) is 11.5 Å². The molecule has 2 aromatic carbocycles. The molecule has 0 saturated carbocycles. The number of para-hydroxylation sites is 1. The number of thiazole rings is 1. The summed E-state index contributed by atoms with van der Waals surface area (Å²) in [5.74, 6) is 0.956. The van der Waals surface area contributed by atoms with Crippen LogP contribution < -0.4 is 14.8 Å². The number of aromatic nitrogens is 1. The van der Waals surface area contributed by atoms with Gasteiger partial charge in [-0.3, -0.25) is 10.1 Å². The van der Waals surface area contributed by atoms with Gasteiger partial charge in [-0.15, -0.1) is 0 Å². The second-order valence-electron chi connectivity index (χ2n) is 5.61. The van der Waals surface area contributed by atoms with E-state index in [1.54, 1.807) is 13.2 Å². The summed E-state index contributed by atoms with van der Waals surface area (Å²) in [6.45, 7) is 3.65.